The van der Waals surface area contributed by atoms with Gasteiger partial charge in [0.25, 0.3) is 0 Å². The molecule has 0 spiro atoms. The van der Waals surface area contributed by atoms with E-state index < -0.39 is 11.6 Å². The van der Waals surface area contributed by atoms with Crippen molar-refractivity contribution in [2.45, 2.75) is 6.61 Å². The van der Waals surface area contributed by atoms with E-state index in [1.807, 2.05) is 11.4 Å². The van der Waals surface area contributed by atoms with E-state index in [0.29, 0.717) is 11.0 Å². The molecule has 0 N–H and O–H groups in total. The average molecular weight is 313 g/mol. The fourth-order valence-corrected chi connectivity index (χ4v) is 2.73. The van der Waals surface area contributed by atoms with Crippen LogP contribution >= 0.6 is 22.9 Å². The van der Waals surface area contributed by atoms with Crippen LogP contribution in [0.3, 0.4) is 0 Å². The summed E-state index contributed by atoms with van der Waals surface area (Å²) in [5.41, 5.74) is 0. The highest BCUT2D eigenvalue weighted by Crippen LogP contribution is 2.25. The van der Waals surface area contributed by atoms with Gasteiger partial charge < -0.3 is 4.74 Å². The van der Waals surface area contributed by atoms with E-state index in [-0.39, 0.29) is 12.4 Å². The van der Waals surface area contributed by atoms with Crippen molar-refractivity contribution in [1.82, 2.24) is 9.97 Å². The normalized spacial score (nSPS) is 10.9. The Hall–Kier alpha value is -1.79. The summed E-state index contributed by atoms with van der Waals surface area (Å²) in [5, 5.41) is 3.00. The van der Waals surface area contributed by atoms with Gasteiger partial charge in [-0.1, -0.05) is 11.6 Å². The molecule has 7 heteroatoms. The maximum atomic E-state index is 13.0. The summed E-state index contributed by atoms with van der Waals surface area (Å²) < 4.78 is 31.1. The Balaban J connectivity index is 1.80. The van der Waals surface area contributed by atoms with Crippen molar-refractivity contribution >= 4 is 33.2 Å². The second-order valence-corrected chi connectivity index (χ2v) is 5.19. The summed E-state index contributed by atoms with van der Waals surface area (Å²) >= 11 is 7.46. The lowest BCUT2D eigenvalue weighted by Crippen LogP contribution is -2.02. The van der Waals surface area contributed by atoms with Gasteiger partial charge in [-0.2, -0.15) is 0 Å². The fourth-order valence-electron chi connectivity index (χ4n) is 1.64. The van der Waals surface area contributed by atoms with Crippen LogP contribution in [0.2, 0.25) is 5.15 Å². The van der Waals surface area contributed by atoms with E-state index >= 15 is 0 Å². The fraction of sp³-hybridized carbons (Fsp3) is 0.0769. The Kier molecular flexibility index (Phi) is 3.50. The van der Waals surface area contributed by atoms with Gasteiger partial charge in [-0.15, -0.1) is 11.3 Å². The van der Waals surface area contributed by atoms with Crippen LogP contribution in [-0.4, -0.2) is 9.97 Å². The molecule has 3 nitrogen and oxygen atoms in total. The molecule has 0 bridgehead atoms. The monoisotopic (exact) mass is 312 g/mol. The van der Waals surface area contributed by atoms with Crippen LogP contribution in [0.5, 0.6) is 5.75 Å². The van der Waals surface area contributed by atoms with Crippen LogP contribution in [0.4, 0.5) is 8.78 Å². The minimum absolute atomic E-state index is 0.0264. The lowest BCUT2D eigenvalue weighted by Gasteiger charge is -2.06. The number of thiophene rings is 1. The first kappa shape index (κ1) is 13.2. The van der Waals surface area contributed by atoms with Crippen LogP contribution in [0.15, 0.2) is 29.6 Å². The van der Waals surface area contributed by atoms with E-state index in [1.54, 1.807) is 0 Å². The molecule has 20 heavy (non-hydrogen) atoms. The minimum Gasteiger partial charge on any atom is -0.486 e. The predicted molar refractivity (Wildman–Crippen MR) is 73.1 cm³/mol. The molecular formula is C13H7ClF2N2OS. The number of fused-ring (bicyclic) bond motifs is 1. The molecule has 0 atom stereocenters. The molecule has 2 aromatic heterocycles. The Morgan fingerprint density at radius 2 is 2.00 bits per heavy atom. The number of halogens is 3. The van der Waals surface area contributed by atoms with E-state index in [4.69, 9.17) is 16.3 Å². The van der Waals surface area contributed by atoms with Crippen LogP contribution in [-0.2, 0) is 6.61 Å². The molecule has 3 rings (SSSR count). The van der Waals surface area contributed by atoms with Crippen LogP contribution in [0, 0.1) is 11.6 Å². The first-order valence-corrected chi connectivity index (χ1v) is 6.87. The molecule has 0 saturated heterocycles. The lowest BCUT2D eigenvalue weighted by atomic mass is 10.3. The molecule has 102 valence electrons. The highest BCUT2D eigenvalue weighted by atomic mass is 35.5. The average Bonchev–Trinajstić information content (AvgIpc) is 2.89. The number of benzene rings is 1. The van der Waals surface area contributed by atoms with Crippen molar-refractivity contribution < 1.29 is 13.5 Å². The second kappa shape index (κ2) is 5.30. The molecule has 0 aliphatic rings. The molecule has 2 heterocycles. The van der Waals surface area contributed by atoms with Crippen molar-refractivity contribution in [2.75, 3.05) is 0 Å². The number of ether oxygens (including phenoxy) is 1. The molecule has 0 aliphatic heterocycles. The summed E-state index contributed by atoms with van der Waals surface area (Å²) in [6.45, 7) is 0.0264. The first-order chi connectivity index (χ1) is 9.63. The third-order valence-electron chi connectivity index (χ3n) is 2.58. The molecule has 0 aliphatic carbocycles. The van der Waals surface area contributed by atoms with Crippen molar-refractivity contribution in [1.29, 1.82) is 0 Å². The molecule has 0 saturated carbocycles. The summed E-state index contributed by atoms with van der Waals surface area (Å²) in [4.78, 5) is 9.14. The van der Waals surface area contributed by atoms with E-state index in [9.17, 15) is 8.78 Å². The Morgan fingerprint density at radius 1 is 1.15 bits per heavy atom. The third kappa shape index (κ3) is 2.57. The Labute approximate surface area is 121 Å². The topological polar surface area (TPSA) is 35.0 Å². The van der Waals surface area contributed by atoms with Crippen molar-refractivity contribution in [3.05, 3.63) is 52.3 Å². The molecule has 3 aromatic rings. The van der Waals surface area contributed by atoms with E-state index in [0.717, 1.165) is 22.3 Å². The standard InChI is InChI=1S/C13H7ClF2N2OS/c14-12-8-3-4-20-13(8)18-11(17-12)6-19-7-1-2-9(15)10(16)5-7/h1-5H,6H2. The zero-order valence-corrected chi connectivity index (χ0v) is 11.5. The quantitative estimate of drug-likeness (QED) is 0.680. The van der Waals surface area contributed by atoms with Gasteiger partial charge in [0.1, 0.15) is 22.3 Å². The molecule has 1 aromatic carbocycles. The Morgan fingerprint density at radius 3 is 2.80 bits per heavy atom. The van der Waals surface area contributed by atoms with Gasteiger partial charge in [-0.3, -0.25) is 0 Å². The predicted octanol–water partition coefficient (Wildman–Crippen LogP) is 4.20. The van der Waals surface area contributed by atoms with Gasteiger partial charge in [0.15, 0.2) is 17.5 Å². The van der Waals surface area contributed by atoms with Crippen molar-refractivity contribution in [3.63, 3.8) is 0 Å². The van der Waals surface area contributed by atoms with Gasteiger partial charge in [0.05, 0.1) is 0 Å². The number of hydrogen-bond donors (Lipinski definition) is 0. The summed E-state index contributed by atoms with van der Waals surface area (Å²) in [6, 6.07) is 5.15. The number of rotatable bonds is 3. The molecule has 0 unspecified atom stereocenters. The van der Waals surface area contributed by atoms with Crippen LogP contribution in [0.25, 0.3) is 10.2 Å². The highest BCUT2D eigenvalue weighted by Gasteiger charge is 2.08. The third-order valence-corrected chi connectivity index (χ3v) is 3.68. The molecule has 0 fully saturated rings. The lowest BCUT2D eigenvalue weighted by molar-refractivity contribution is 0.294. The number of hydrogen-bond acceptors (Lipinski definition) is 4. The zero-order valence-electron chi connectivity index (χ0n) is 9.94. The van der Waals surface area contributed by atoms with Gasteiger partial charge >= 0.3 is 0 Å². The second-order valence-electron chi connectivity index (χ2n) is 3.93. The molecule has 0 amide bonds. The largest absolute Gasteiger partial charge is 0.486 e. The first-order valence-electron chi connectivity index (χ1n) is 5.61. The van der Waals surface area contributed by atoms with Crippen molar-refractivity contribution in [3.8, 4) is 5.75 Å². The minimum atomic E-state index is -0.963. The Bertz CT molecular complexity index is 778. The van der Waals surface area contributed by atoms with Gasteiger partial charge in [0.2, 0.25) is 0 Å². The van der Waals surface area contributed by atoms with Crippen molar-refractivity contribution in [2.24, 2.45) is 0 Å². The van der Waals surface area contributed by atoms with Gasteiger partial charge in [-0.25, -0.2) is 18.7 Å². The van der Waals surface area contributed by atoms with Crippen LogP contribution < -0.4 is 4.74 Å². The summed E-state index contributed by atoms with van der Waals surface area (Å²) in [6.07, 6.45) is 0. The number of aromatic nitrogens is 2. The smallest absolute Gasteiger partial charge is 0.169 e. The van der Waals surface area contributed by atoms with E-state index in [1.165, 1.54) is 17.4 Å². The summed E-state index contributed by atoms with van der Waals surface area (Å²) in [5.74, 6) is -1.30. The SMILES string of the molecule is Fc1ccc(OCc2nc(Cl)c3ccsc3n2)cc1F. The maximum absolute atomic E-state index is 13.0. The number of nitrogens with zero attached hydrogens (tertiary/aromatic N) is 2. The highest BCUT2D eigenvalue weighted by molar-refractivity contribution is 7.16. The maximum Gasteiger partial charge on any atom is 0.169 e. The summed E-state index contributed by atoms with van der Waals surface area (Å²) in [7, 11) is 0. The van der Waals surface area contributed by atoms with Gasteiger partial charge in [-0.05, 0) is 23.6 Å². The van der Waals surface area contributed by atoms with Crippen LogP contribution in [0.1, 0.15) is 5.82 Å². The van der Waals surface area contributed by atoms with Gasteiger partial charge in [0, 0.05) is 11.5 Å². The zero-order chi connectivity index (χ0) is 14.1. The molecule has 0 radical (unpaired) electrons. The molecular weight excluding hydrogens is 306 g/mol. The van der Waals surface area contributed by atoms with E-state index in [2.05, 4.69) is 9.97 Å².